The zero-order chi connectivity index (χ0) is 11.9. The molecule has 0 saturated heterocycles. The maximum absolute atomic E-state index is 5.64. The highest BCUT2D eigenvalue weighted by Crippen LogP contribution is 2.13. The van der Waals surface area contributed by atoms with Crippen LogP contribution in [0.2, 0.25) is 0 Å². The Morgan fingerprint density at radius 1 is 1.12 bits per heavy atom. The van der Waals surface area contributed by atoms with Crippen molar-refractivity contribution < 1.29 is 4.74 Å². The molecule has 0 saturated carbocycles. The minimum atomic E-state index is 0.506. The summed E-state index contributed by atoms with van der Waals surface area (Å²) in [5, 5.41) is 3.11. The molecular weight excluding hydrogens is 212 g/mol. The average molecular weight is 228 g/mol. The second-order valence-electron chi connectivity index (χ2n) is 3.78. The summed E-state index contributed by atoms with van der Waals surface area (Å²) < 4.78 is 5.64. The second-order valence-corrected chi connectivity index (χ2v) is 3.78. The van der Waals surface area contributed by atoms with E-state index in [0.29, 0.717) is 6.61 Å². The van der Waals surface area contributed by atoms with E-state index in [1.165, 1.54) is 5.56 Å². The van der Waals surface area contributed by atoms with Crippen molar-refractivity contribution in [1.82, 2.24) is 10.3 Å². The topological polar surface area (TPSA) is 34.1 Å². The lowest BCUT2D eigenvalue weighted by Gasteiger charge is -2.06. The fourth-order valence-corrected chi connectivity index (χ4v) is 1.55. The number of nitrogens with zero attached hydrogens (tertiary/aromatic N) is 1. The van der Waals surface area contributed by atoms with Gasteiger partial charge in [0.05, 0.1) is 5.69 Å². The first-order valence-corrected chi connectivity index (χ1v) is 5.65. The van der Waals surface area contributed by atoms with Gasteiger partial charge in [0, 0.05) is 12.7 Å². The number of benzene rings is 1. The molecule has 0 unspecified atom stereocenters. The predicted molar refractivity (Wildman–Crippen MR) is 67.8 cm³/mol. The molecule has 17 heavy (non-hydrogen) atoms. The number of pyridine rings is 1. The third-order valence-corrected chi connectivity index (χ3v) is 2.42. The number of rotatable bonds is 5. The molecule has 3 heteroatoms. The summed E-state index contributed by atoms with van der Waals surface area (Å²) >= 11 is 0. The largest absolute Gasteiger partial charge is 0.487 e. The van der Waals surface area contributed by atoms with E-state index in [9.17, 15) is 0 Å². The molecule has 0 atom stereocenters. The molecule has 0 amide bonds. The van der Waals surface area contributed by atoms with E-state index in [4.69, 9.17) is 4.74 Å². The molecule has 0 aliphatic heterocycles. The molecule has 1 heterocycles. The predicted octanol–water partition coefficient (Wildman–Crippen LogP) is 2.38. The zero-order valence-electron chi connectivity index (χ0n) is 9.89. The van der Waals surface area contributed by atoms with Crippen molar-refractivity contribution in [3.63, 3.8) is 0 Å². The summed E-state index contributed by atoms with van der Waals surface area (Å²) in [6.45, 7) is 1.38. The van der Waals surface area contributed by atoms with Gasteiger partial charge in [-0.2, -0.15) is 0 Å². The maximum atomic E-state index is 5.64. The molecule has 0 spiro atoms. The van der Waals surface area contributed by atoms with Crippen molar-refractivity contribution in [2.24, 2.45) is 0 Å². The second kappa shape index (κ2) is 6.01. The van der Waals surface area contributed by atoms with Crippen LogP contribution in [0.15, 0.2) is 48.7 Å². The molecule has 0 aliphatic rings. The molecule has 0 radical (unpaired) electrons. The highest BCUT2D eigenvalue weighted by molar-refractivity contribution is 5.27. The van der Waals surface area contributed by atoms with E-state index in [1.807, 2.05) is 37.4 Å². The van der Waals surface area contributed by atoms with Gasteiger partial charge < -0.3 is 10.1 Å². The van der Waals surface area contributed by atoms with Crippen LogP contribution in [0.25, 0.3) is 0 Å². The number of hydrogen-bond acceptors (Lipinski definition) is 3. The first-order chi connectivity index (χ1) is 8.38. The van der Waals surface area contributed by atoms with Crippen LogP contribution in [0.4, 0.5) is 0 Å². The van der Waals surface area contributed by atoms with Gasteiger partial charge in [0.1, 0.15) is 12.4 Å². The Bertz CT molecular complexity index is 440. The summed E-state index contributed by atoms with van der Waals surface area (Å²) in [4.78, 5) is 4.21. The Balaban J connectivity index is 1.91. The fraction of sp³-hybridized carbons (Fsp3) is 0.214. The standard InChI is InChI=1S/C14H16N2O/c1-15-10-12-5-7-14(8-6-12)17-11-13-4-2-3-9-16-13/h2-9,15H,10-11H2,1H3. The first kappa shape index (κ1) is 11.6. The zero-order valence-corrected chi connectivity index (χ0v) is 9.89. The molecule has 1 aromatic carbocycles. The van der Waals surface area contributed by atoms with Gasteiger partial charge in [-0.15, -0.1) is 0 Å². The molecule has 2 aromatic rings. The van der Waals surface area contributed by atoms with Crippen LogP contribution in [-0.4, -0.2) is 12.0 Å². The lowest BCUT2D eigenvalue weighted by Crippen LogP contribution is -2.04. The van der Waals surface area contributed by atoms with Crippen molar-refractivity contribution in [2.75, 3.05) is 7.05 Å². The van der Waals surface area contributed by atoms with Gasteiger partial charge in [0.25, 0.3) is 0 Å². The minimum absolute atomic E-state index is 0.506. The Labute approximate surface area is 101 Å². The Morgan fingerprint density at radius 3 is 2.59 bits per heavy atom. The minimum Gasteiger partial charge on any atom is -0.487 e. The lowest BCUT2D eigenvalue weighted by atomic mass is 10.2. The lowest BCUT2D eigenvalue weighted by molar-refractivity contribution is 0.301. The van der Waals surface area contributed by atoms with Crippen molar-refractivity contribution in [2.45, 2.75) is 13.2 Å². The van der Waals surface area contributed by atoms with Crippen LogP contribution in [0.1, 0.15) is 11.3 Å². The van der Waals surface area contributed by atoms with Gasteiger partial charge in [0.15, 0.2) is 0 Å². The van der Waals surface area contributed by atoms with Gasteiger partial charge in [0.2, 0.25) is 0 Å². The quantitative estimate of drug-likeness (QED) is 0.853. The summed E-state index contributed by atoms with van der Waals surface area (Å²) in [5.74, 6) is 0.871. The Hall–Kier alpha value is -1.87. The third kappa shape index (κ3) is 3.57. The van der Waals surface area contributed by atoms with E-state index >= 15 is 0 Å². The van der Waals surface area contributed by atoms with Crippen LogP contribution >= 0.6 is 0 Å². The van der Waals surface area contributed by atoms with Crippen LogP contribution in [0, 0.1) is 0 Å². The van der Waals surface area contributed by atoms with Crippen molar-refractivity contribution in [1.29, 1.82) is 0 Å². The SMILES string of the molecule is CNCc1ccc(OCc2ccccn2)cc1. The molecule has 2 rings (SSSR count). The Morgan fingerprint density at radius 2 is 1.94 bits per heavy atom. The van der Waals surface area contributed by atoms with Crippen LogP contribution in [-0.2, 0) is 13.2 Å². The molecule has 88 valence electrons. The summed E-state index contributed by atoms with van der Waals surface area (Å²) in [5.41, 5.74) is 2.18. The molecule has 1 N–H and O–H groups in total. The van der Waals surface area contributed by atoms with E-state index < -0.39 is 0 Å². The van der Waals surface area contributed by atoms with Gasteiger partial charge in [-0.05, 0) is 36.9 Å². The Kier molecular flexibility index (Phi) is 4.11. The maximum Gasteiger partial charge on any atom is 0.130 e. The van der Waals surface area contributed by atoms with Gasteiger partial charge in [-0.1, -0.05) is 18.2 Å². The highest BCUT2D eigenvalue weighted by Gasteiger charge is 1.97. The van der Waals surface area contributed by atoms with E-state index in [2.05, 4.69) is 22.4 Å². The smallest absolute Gasteiger partial charge is 0.130 e. The van der Waals surface area contributed by atoms with Crippen LogP contribution in [0.5, 0.6) is 5.75 Å². The first-order valence-electron chi connectivity index (χ1n) is 5.65. The van der Waals surface area contributed by atoms with Crippen molar-refractivity contribution in [3.05, 3.63) is 59.9 Å². The third-order valence-electron chi connectivity index (χ3n) is 2.42. The number of hydrogen-bond donors (Lipinski definition) is 1. The highest BCUT2D eigenvalue weighted by atomic mass is 16.5. The molecule has 0 aliphatic carbocycles. The number of aromatic nitrogens is 1. The van der Waals surface area contributed by atoms with Crippen molar-refractivity contribution in [3.8, 4) is 5.75 Å². The summed E-state index contributed by atoms with van der Waals surface area (Å²) in [6, 6.07) is 13.9. The fourth-order valence-electron chi connectivity index (χ4n) is 1.55. The van der Waals surface area contributed by atoms with E-state index in [-0.39, 0.29) is 0 Å². The molecular formula is C14H16N2O. The normalized spacial score (nSPS) is 10.2. The van der Waals surface area contributed by atoms with Crippen LogP contribution < -0.4 is 10.1 Å². The molecule has 0 fully saturated rings. The number of nitrogens with one attached hydrogen (secondary N) is 1. The molecule has 1 aromatic heterocycles. The van der Waals surface area contributed by atoms with E-state index in [1.54, 1.807) is 6.20 Å². The van der Waals surface area contributed by atoms with Gasteiger partial charge in [-0.3, -0.25) is 4.98 Å². The van der Waals surface area contributed by atoms with Gasteiger partial charge in [-0.25, -0.2) is 0 Å². The molecule has 0 bridgehead atoms. The number of ether oxygens (including phenoxy) is 1. The summed E-state index contributed by atoms with van der Waals surface area (Å²) in [7, 11) is 1.94. The molecule has 3 nitrogen and oxygen atoms in total. The van der Waals surface area contributed by atoms with E-state index in [0.717, 1.165) is 18.0 Å². The monoisotopic (exact) mass is 228 g/mol. The van der Waals surface area contributed by atoms with Crippen LogP contribution in [0.3, 0.4) is 0 Å². The summed E-state index contributed by atoms with van der Waals surface area (Å²) in [6.07, 6.45) is 1.77. The average Bonchev–Trinajstić information content (AvgIpc) is 2.40. The van der Waals surface area contributed by atoms with Crippen molar-refractivity contribution >= 4 is 0 Å². The van der Waals surface area contributed by atoms with Gasteiger partial charge >= 0.3 is 0 Å².